The maximum atomic E-state index is 13.2. The topological polar surface area (TPSA) is 86.7 Å². The zero-order chi connectivity index (χ0) is 24.2. The Morgan fingerprint density at radius 3 is 2.53 bits per heavy atom. The number of carbonyl (C=O) groups is 3. The molecule has 1 aromatic heterocycles. The molecule has 2 aromatic carbocycles. The minimum Gasteiger partial charge on any atom is -0.478 e. The number of aryl methyl sites for hydroxylation is 1. The second-order valence-electron chi connectivity index (χ2n) is 8.09. The third-order valence-electron chi connectivity index (χ3n) is 5.88. The van der Waals surface area contributed by atoms with Gasteiger partial charge in [-0.2, -0.15) is 0 Å². The number of thioether (sulfide) groups is 1. The summed E-state index contributed by atoms with van der Waals surface area (Å²) in [7, 11) is 0. The zero-order valence-electron chi connectivity index (χ0n) is 19.1. The number of rotatable bonds is 7. The van der Waals surface area contributed by atoms with Crippen LogP contribution in [0.15, 0.2) is 53.4 Å². The number of nitrogens with one attached hydrogen (secondary N) is 1. The van der Waals surface area contributed by atoms with Gasteiger partial charge in [0, 0.05) is 21.9 Å². The van der Waals surface area contributed by atoms with E-state index in [2.05, 4.69) is 12.2 Å². The fourth-order valence-electron chi connectivity index (χ4n) is 4.17. The highest BCUT2D eigenvalue weighted by Gasteiger charge is 2.31. The van der Waals surface area contributed by atoms with Crippen molar-refractivity contribution in [1.82, 2.24) is 4.90 Å². The molecule has 2 amide bonds. The average molecular weight is 495 g/mol. The molecule has 0 fully saturated rings. The van der Waals surface area contributed by atoms with Crippen LogP contribution in [0.25, 0.3) is 0 Å². The summed E-state index contributed by atoms with van der Waals surface area (Å²) in [6, 6.07) is 14.9. The normalized spacial score (nSPS) is 12.8. The first-order valence-corrected chi connectivity index (χ1v) is 13.2. The van der Waals surface area contributed by atoms with Crippen molar-refractivity contribution in [3.8, 4) is 0 Å². The van der Waals surface area contributed by atoms with Crippen LogP contribution in [0.1, 0.15) is 60.4 Å². The molecule has 4 rings (SSSR count). The summed E-state index contributed by atoms with van der Waals surface area (Å²) in [6.07, 6.45) is 4.34. The number of carboxylic acid groups (broad SMARTS) is 1. The summed E-state index contributed by atoms with van der Waals surface area (Å²) in [6.45, 7) is 2.85. The first-order valence-electron chi connectivity index (χ1n) is 11.1. The number of fused-ring (bicyclic) bond motifs is 1. The maximum Gasteiger partial charge on any atom is 0.339 e. The Hall–Kier alpha value is -3.10. The van der Waals surface area contributed by atoms with Gasteiger partial charge < -0.3 is 15.3 Å². The molecule has 0 saturated carbocycles. The molecule has 2 heterocycles. The van der Waals surface area contributed by atoms with Crippen LogP contribution >= 0.6 is 23.1 Å². The number of amides is 2. The second-order valence-corrected chi connectivity index (χ2v) is 10.0. The summed E-state index contributed by atoms with van der Waals surface area (Å²) in [4.78, 5) is 41.6. The van der Waals surface area contributed by atoms with Gasteiger partial charge in [-0.25, -0.2) is 4.79 Å². The minimum absolute atomic E-state index is 0.0707. The number of carbonyl (C=O) groups excluding carboxylic acids is 2. The minimum atomic E-state index is -1.07. The van der Waals surface area contributed by atoms with Crippen molar-refractivity contribution in [2.45, 2.75) is 37.6 Å². The van der Waals surface area contributed by atoms with Gasteiger partial charge in [-0.05, 0) is 54.5 Å². The molecule has 6 nitrogen and oxygen atoms in total. The van der Waals surface area contributed by atoms with E-state index in [1.54, 1.807) is 17.0 Å². The van der Waals surface area contributed by atoms with Crippen LogP contribution < -0.4 is 5.32 Å². The van der Waals surface area contributed by atoms with Crippen molar-refractivity contribution < 1.29 is 19.5 Å². The fourth-order valence-corrected chi connectivity index (χ4v) is 6.01. The van der Waals surface area contributed by atoms with Gasteiger partial charge >= 0.3 is 5.97 Å². The van der Waals surface area contributed by atoms with Crippen molar-refractivity contribution in [2.75, 3.05) is 18.1 Å². The lowest BCUT2D eigenvalue weighted by Crippen LogP contribution is -2.36. The van der Waals surface area contributed by atoms with E-state index in [-0.39, 0.29) is 17.4 Å². The number of carboxylic acids is 1. The Labute approximate surface area is 207 Å². The molecule has 8 heteroatoms. The third-order valence-corrected chi connectivity index (χ3v) is 7.81. The van der Waals surface area contributed by atoms with Crippen molar-refractivity contribution in [1.29, 1.82) is 0 Å². The molecule has 34 heavy (non-hydrogen) atoms. The van der Waals surface area contributed by atoms with Crippen molar-refractivity contribution in [3.05, 3.63) is 81.2 Å². The van der Waals surface area contributed by atoms with Gasteiger partial charge in [0.1, 0.15) is 5.00 Å². The first kappa shape index (κ1) is 24.0. The summed E-state index contributed by atoms with van der Waals surface area (Å²) in [5, 5.41) is 13.0. The highest BCUT2D eigenvalue weighted by atomic mass is 32.2. The number of hydrogen-bond donors (Lipinski definition) is 2. The van der Waals surface area contributed by atoms with Gasteiger partial charge in [-0.3, -0.25) is 9.59 Å². The molecule has 3 aromatic rings. The van der Waals surface area contributed by atoms with Crippen LogP contribution in [0.4, 0.5) is 5.00 Å². The van der Waals surface area contributed by atoms with E-state index in [1.165, 1.54) is 23.1 Å². The smallest absolute Gasteiger partial charge is 0.339 e. The van der Waals surface area contributed by atoms with Crippen LogP contribution in [-0.4, -0.2) is 40.6 Å². The number of anilines is 1. The Morgan fingerprint density at radius 1 is 1.12 bits per heavy atom. The predicted molar refractivity (Wildman–Crippen MR) is 136 cm³/mol. The van der Waals surface area contributed by atoms with Crippen LogP contribution in [0.2, 0.25) is 0 Å². The molecule has 2 N–H and O–H groups in total. The van der Waals surface area contributed by atoms with Crippen molar-refractivity contribution in [3.63, 3.8) is 0 Å². The average Bonchev–Trinajstić information content (AvgIpc) is 3.21. The Bertz CT molecular complexity index is 1230. The Kier molecular flexibility index (Phi) is 7.38. The van der Waals surface area contributed by atoms with E-state index in [1.807, 2.05) is 42.7 Å². The van der Waals surface area contributed by atoms with E-state index in [0.717, 1.165) is 28.2 Å². The van der Waals surface area contributed by atoms with E-state index >= 15 is 0 Å². The van der Waals surface area contributed by atoms with E-state index in [4.69, 9.17) is 0 Å². The largest absolute Gasteiger partial charge is 0.478 e. The summed E-state index contributed by atoms with van der Waals surface area (Å²) < 4.78 is 0. The van der Waals surface area contributed by atoms with Crippen LogP contribution in [0.3, 0.4) is 0 Å². The highest BCUT2D eigenvalue weighted by Crippen LogP contribution is 2.38. The molecule has 0 aliphatic carbocycles. The zero-order valence-corrected chi connectivity index (χ0v) is 20.7. The molecule has 1 aliphatic heterocycles. The molecule has 0 radical (unpaired) electrons. The predicted octanol–water partition coefficient (Wildman–Crippen LogP) is 5.57. The fraction of sp³-hybridized carbons (Fsp3) is 0.269. The van der Waals surface area contributed by atoms with Gasteiger partial charge in [0.15, 0.2) is 0 Å². The third kappa shape index (κ3) is 4.88. The lowest BCUT2D eigenvalue weighted by Gasteiger charge is -2.27. The molecular weight excluding hydrogens is 468 g/mol. The van der Waals surface area contributed by atoms with Crippen LogP contribution in [-0.2, 0) is 19.4 Å². The van der Waals surface area contributed by atoms with E-state index in [9.17, 15) is 19.5 Å². The SMILES string of the molecule is CCCc1ccc(C(=O)Nc2sc3c(c2C(=O)O)CCN(C(=O)c2ccccc2SC)C3)cc1. The molecule has 0 saturated heterocycles. The molecule has 0 spiro atoms. The Balaban J connectivity index is 1.57. The molecule has 1 aliphatic rings. The monoisotopic (exact) mass is 494 g/mol. The Morgan fingerprint density at radius 2 is 1.85 bits per heavy atom. The number of benzene rings is 2. The van der Waals surface area contributed by atoms with Gasteiger partial charge in [0.05, 0.1) is 17.7 Å². The molecular formula is C26H26N2O4S2. The summed E-state index contributed by atoms with van der Waals surface area (Å²) in [5.41, 5.74) is 3.12. The van der Waals surface area contributed by atoms with Gasteiger partial charge in [0.2, 0.25) is 0 Å². The first-order chi connectivity index (χ1) is 16.4. The van der Waals surface area contributed by atoms with E-state index < -0.39 is 5.97 Å². The summed E-state index contributed by atoms with van der Waals surface area (Å²) >= 11 is 2.76. The van der Waals surface area contributed by atoms with Crippen molar-refractivity contribution >= 4 is 45.9 Å². The van der Waals surface area contributed by atoms with Crippen LogP contribution in [0, 0.1) is 0 Å². The number of hydrogen-bond acceptors (Lipinski definition) is 5. The standard InChI is InChI=1S/C26H26N2O4S2/c1-3-6-16-9-11-17(12-10-16)23(29)27-24-22(26(31)32)18-13-14-28(15-21(18)34-24)25(30)19-7-4-5-8-20(19)33-2/h4-5,7-12H,3,6,13-15H2,1-2H3,(H,27,29)(H,31,32). The molecule has 0 atom stereocenters. The lowest BCUT2D eigenvalue weighted by atomic mass is 10.0. The highest BCUT2D eigenvalue weighted by molar-refractivity contribution is 7.98. The second kappa shape index (κ2) is 10.4. The van der Waals surface area contributed by atoms with Crippen LogP contribution in [0.5, 0.6) is 0 Å². The quantitative estimate of drug-likeness (QED) is 0.419. The maximum absolute atomic E-state index is 13.2. The summed E-state index contributed by atoms with van der Waals surface area (Å²) in [5.74, 6) is -1.48. The number of thiophene rings is 1. The number of aromatic carboxylic acids is 1. The lowest BCUT2D eigenvalue weighted by molar-refractivity contribution is 0.0696. The van der Waals surface area contributed by atoms with Gasteiger partial charge in [-0.15, -0.1) is 23.1 Å². The van der Waals surface area contributed by atoms with Crippen molar-refractivity contribution in [2.24, 2.45) is 0 Å². The van der Waals surface area contributed by atoms with Gasteiger partial charge in [-0.1, -0.05) is 37.6 Å². The van der Waals surface area contributed by atoms with Gasteiger partial charge in [0.25, 0.3) is 11.8 Å². The number of nitrogens with zero attached hydrogens (tertiary/aromatic N) is 1. The molecule has 176 valence electrons. The molecule has 0 bridgehead atoms. The van der Waals surface area contributed by atoms with E-state index in [0.29, 0.717) is 41.2 Å². The molecule has 0 unspecified atom stereocenters.